The van der Waals surface area contributed by atoms with Crippen LogP contribution in [0.1, 0.15) is 138 Å². The molecule has 9 heteroatoms. The maximum absolute atomic E-state index is 13.4. The first-order valence-corrected chi connectivity index (χ1v) is 16.8. The van der Waals surface area contributed by atoms with E-state index < -0.39 is 17.3 Å². The van der Waals surface area contributed by atoms with Gasteiger partial charge in [-0.2, -0.15) is 0 Å². The average Bonchev–Trinajstić information content (AvgIpc) is 2.94. The Labute approximate surface area is 255 Å². The molecule has 2 fully saturated rings. The van der Waals surface area contributed by atoms with Crippen molar-refractivity contribution in [2.75, 3.05) is 26.2 Å². The third-order valence-corrected chi connectivity index (χ3v) is 8.41. The highest BCUT2D eigenvalue weighted by Crippen LogP contribution is 2.34. The molecule has 0 radical (unpaired) electrons. The predicted molar refractivity (Wildman–Crippen MR) is 166 cm³/mol. The van der Waals surface area contributed by atoms with E-state index in [2.05, 4.69) is 24.5 Å². The van der Waals surface area contributed by atoms with Gasteiger partial charge in [-0.1, -0.05) is 85.5 Å². The summed E-state index contributed by atoms with van der Waals surface area (Å²) in [5, 5.41) is 6.06. The Balaban J connectivity index is 1.84. The lowest BCUT2D eigenvalue weighted by Gasteiger charge is -2.44. The number of hydrogen-bond donors (Lipinski definition) is 2. The Kier molecular flexibility index (Phi) is 16.2. The van der Waals surface area contributed by atoms with Crippen LogP contribution in [0.15, 0.2) is 0 Å². The molecule has 1 saturated heterocycles. The van der Waals surface area contributed by atoms with E-state index >= 15 is 0 Å². The summed E-state index contributed by atoms with van der Waals surface area (Å²) >= 11 is 0. The van der Waals surface area contributed by atoms with Crippen LogP contribution >= 0.6 is 0 Å². The molecule has 0 spiro atoms. The second-order valence-corrected chi connectivity index (χ2v) is 13.4. The van der Waals surface area contributed by atoms with Gasteiger partial charge >= 0.3 is 12.0 Å². The maximum Gasteiger partial charge on any atom is 0.317 e. The monoisotopic (exact) mass is 595 g/mol. The summed E-state index contributed by atoms with van der Waals surface area (Å²) in [7, 11) is 0. The van der Waals surface area contributed by atoms with Crippen molar-refractivity contribution < 1.29 is 28.6 Å². The molecule has 1 aliphatic carbocycles. The van der Waals surface area contributed by atoms with Gasteiger partial charge < -0.3 is 29.7 Å². The van der Waals surface area contributed by atoms with Gasteiger partial charge in [-0.3, -0.25) is 9.59 Å². The maximum atomic E-state index is 13.4. The van der Waals surface area contributed by atoms with E-state index in [-0.39, 0.29) is 43.0 Å². The lowest BCUT2D eigenvalue weighted by Crippen LogP contribution is -2.56. The molecule has 0 bridgehead atoms. The van der Waals surface area contributed by atoms with E-state index in [0.29, 0.717) is 6.61 Å². The van der Waals surface area contributed by atoms with Crippen LogP contribution in [0, 0.1) is 5.41 Å². The van der Waals surface area contributed by atoms with Crippen molar-refractivity contribution >= 4 is 17.9 Å². The zero-order chi connectivity index (χ0) is 31.0. The number of carbonyl (C=O) groups excluding carboxylic acids is 3. The normalized spacial score (nSPS) is 23.1. The van der Waals surface area contributed by atoms with E-state index in [1.54, 1.807) is 13.8 Å². The van der Waals surface area contributed by atoms with Gasteiger partial charge in [0.25, 0.3) is 0 Å². The van der Waals surface area contributed by atoms with Crippen molar-refractivity contribution in [1.29, 1.82) is 0 Å². The van der Waals surface area contributed by atoms with Gasteiger partial charge in [0.1, 0.15) is 12.2 Å². The molecule has 2 aliphatic rings. The minimum Gasteiger partial charge on any atom is -0.460 e. The molecule has 0 aromatic heterocycles. The number of hydrogen-bond acceptors (Lipinski definition) is 6. The SMILES string of the molecule is CCCCCCCCN(CCCCCC)C(=O)NC1CCCCC1OC(=O)CCNC(=O)C1OC(C)(C)OCC1(C)C. The number of carbonyl (C=O) groups is 3. The fourth-order valence-corrected chi connectivity index (χ4v) is 5.71. The fourth-order valence-electron chi connectivity index (χ4n) is 5.71. The number of rotatable bonds is 18. The molecule has 1 aliphatic heterocycles. The first-order valence-electron chi connectivity index (χ1n) is 16.8. The van der Waals surface area contributed by atoms with E-state index in [0.717, 1.165) is 64.5 Å². The molecule has 0 aromatic rings. The van der Waals surface area contributed by atoms with Crippen LogP contribution in [0.5, 0.6) is 0 Å². The van der Waals surface area contributed by atoms with E-state index in [9.17, 15) is 14.4 Å². The molecule has 3 unspecified atom stereocenters. The van der Waals surface area contributed by atoms with Crippen LogP contribution in [0.2, 0.25) is 0 Å². The number of unbranched alkanes of at least 4 members (excludes halogenated alkanes) is 8. The molecular formula is C33H61N3O6. The predicted octanol–water partition coefficient (Wildman–Crippen LogP) is 6.48. The second-order valence-electron chi connectivity index (χ2n) is 13.4. The van der Waals surface area contributed by atoms with Gasteiger partial charge in [-0.15, -0.1) is 0 Å². The summed E-state index contributed by atoms with van der Waals surface area (Å²) in [5.41, 5.74) is -0.480. The summed E-state index contributed by atoms with van der Waals surface area (Å²) in [6, 6.07) is -0.228. The minimum absolute atomic E-state index is 0.0396. The Hall–Kier alpha value is -1.87. The Morgan fingerprint density at radius 2 is 1.45 bits per heavy atom. The zero-order valence-corrected chi connectivity index (χ0v) is 27.6. The summed E-state index contributed by atoms with van der Waals surface area (Å²) in [4.78, 5) is 41.0. The van der Waals surface area contributed by atoms with Crippen molar-refractivity contribution in [2.24, 2.45) is 5.41 Å². The van der Waals surface area contributed by atoms with Gasteiger partial charge in [-0.05, 0) is 46.0 Å². The van der Waals surface area contributed by atoms with Crippen molar-refractivity contribution in [3.05, 3.63) is 0 Å². The number of nitrogens with zero attached hydrogens (tertiary/aromatic N) is 1. The van der Waals surface area contributed by atoms with E-state index in [1.165, 1.54) is 38.5 Å². The second kappa shape index (κ2) is 18.7. The standard InChI is InChI=1S/C33H61N3O6/c1-7-9-11-13-14-18-24-36(23-17-12-10-8-2)31(39)35-26-19-15-16-20-27(26)41-28(37)21-22-34-30(38)29-32(3,4)25-40-33(5,6)42-29/h26-27,29H,7-25H2,1-6H3,(H,34,38)(H,35,39). The van der Waals surface area contributed by atoms with Gasteiger partial charge in [0.05, 0.1) is 19.1 Å². The quantitative estimate of drug-likeness (QED) is 0.139. The summed E-state index contributed by atoms with van der Waals surface area (Å²) in [5.74, 6) is -1.45. The molecule has 1 heterocycles. The first-order chi connectivity index (χ1) is 20.0. The third kappa shape index (κ3) is 13.2. The Morgan fingerprint density at radius 1 is 0.857 bits per heavy atom. The number of esters is 1. The fraction of sp³-hybridized carbons (Fsp3) is 0.909. The van der Waals surface area contributed by atoms with Gasteiger partial charge in [0, 0.05) is 25.0 Å². The van der Waals surface area contributed by atoms with Crippen LogP contribution in [-0.2, 0) is 23.8 Å². The molecule has 0 aromatic carbocycles. The van der Waals surface area contributed by atoms with Gasteiger partial charge in [0.2, 0.25) is 5.91 Å². The highest BCUT2D eigenvalue weighted by Gasteiger charge is 2.45. The van der Waals surface area contributed by atoms with Crippen molar-refractivity contribution in [2.45, 2.75) is 162 Å². The van der Waals surface area contributed by atoms with Gasteiger partial charge in [0.15, 0.2) is 5.79 Å². The van der Waals surface area contributed by atoms with Gasteiger partial charge in [-0.25, -0.2) is 4.79 Å². The molecule has 244 valence electrons. The number of amides is 3. The van der Waals surface area contributed by atoms with Crippen molar-refractivity contribution in [3.8, 4) is 0 Å². The first kappa shape index (κ1) is 36.3. The molecule has 3 amide bonds. The molecule has 2 N–H and O–H groups in total. The Bertz CT molecular complexity index is 818. The van der Waals surface area contributed by atoms with Crippen LogP contribution in [0.4, 0.5) is 4.79 Å². The highest BCUT2D eigenvalue weighted by atomic mass is 16.7. The summed E-state index contributed by atoms with van der Waals surface area (Å²) < 4.78 is 17.4. The molecule has 2 rings (SSSR count). The molecule has 3 atom stereocenters. The third-order valence-electron chi connectivity index (χ3n) is 8.41. The minimum atomic E-state index is -0.837. The lowest BCUT2D eigenvalue weighted by molar-refractivity contribution is -0.304. The van der Waals surface area contributed by atoms with Crippen LogP contribution in [0.3, 0.4) is 0 Å². The topological polar surface area (TPSA) is 106 Å². The van der Waals surface area contributed by atoms with E-state index in [4.69, 9.17) is 14.2 Å². The lowest BCUT2D eigenvalue weighted by atomic mass is 9.85. The van der Waals surface area contributed by atoms with Crippen LogP contribution < -0.4 is 10.6 Å². The van der Waals surface area contributed by atoms with Crippen molar-refractivity contribution in [1.82, 2.24) is 15.5 Å². The van der Waals surface area contributed by atoms with Crippen LogP contribution in [-0.4, -0.2) is 73.1 Å². The number of nitrogens with one attached hydrogen (secondary N) is 2. The average molecular weight is 596 g/mol. The molecule has 9 nitrogen and oxygen atoms in total. The molecule has 1 saturated carbocycles. The summed E-state index contributed by atoms with van der Waals surface area (Å²) in [6.45, 7) is 14.0. The summed E-state index contributed by atoms with van der Waals surface area (Å²) in [6.07, 6.45) is 14.2. The molecular weight excluding hydrogens is 534 g/mol. The van der Waals surface area contributed by atoms with Crippen LogP contribution in [0.25, 0.3) is 0 Å². The number of urea groups is 1. The molecule has 42 heavy (non-hydrogen) atoms. The van der Waals surface area contributed by atoms with Crippen molar-refractivity contribution in [3.63, 3.8) is 0 Å². The smallest absolute Gasteiger partial charge is 0.317 e. The zero-order valence-electron chi connectivity index (χ0n) is 27.6. The van der Waals surface area contributed by atoms with E-state index in [1.807, 2.05) is 18.7 Å². The Morgan fingerprint density at radius 3 is 2.12 bits per heavy atom. The number of ether oxygens (including phenoxy) is 3. The largest absolute Gasteiger partial charge is 0.460 e. The highest BCUT2D eigenvalue weighted by molar-refractivity contribution is 5.82.